The maximum Gasteiger partial charge on any atom is 0.439 e. The van der Waals surface area contributed by atoms with Crippen LogP contribution >= 0.6 is 11.6 Å². The maximum absolute atomic E-state index is 11.8. The number of hydrogen-bond acceptors (Lipinski definition) is 8. The molecule has 1 N–H and O–H groups in total. The highest BCUT2D eigenvalue weighted by Gasteiger charge is 2.39. The van der Waals surface area contributed by atoms with Gasteiger partial charge in [0.1, 0.15) is 17.0 Å². The lowest BCUT2D eigenvalue weighted by atomic mass is 9.83. The number of H-pyrrole nitrogens is 1. The number of nitrogens with one attached hydrogen (secondary N) is 1. The van der Waals surface area contributed by atoms with Gasteiger partial charge in [-0.25, -0.2) is 19.7 Å². The second kappa shape index (κ2) is 10.7. The van der Waals surface area contributed by atoms with Crippen LogP contribution in [0.25, 0.3) is 34.1 Å². The van der Waals surface area contributed by atoms with Crippen molar-refractivity contribution in [2.45, 2.75) is 64.5 Å². The van der Waals surface area contributed by atoms with Crippen LogP contribution in [0.5, 0.6) is 0 Å². The fourth-order valence-corrected chi connectivity index (χ4v) is 5.95. The van der Waals surface area contributed by atoms with Gasteiger partial charge < -0.3 is 9.30 Å². The molecule has 11 heteroatoms. The first-order valence-corrected chi connectivity index (χ1v) is 14.1. The van der Waals surface area contributed by atoms with Crippen molar-refractivity contribution in [1.82, 2.24) is 29.7 Å². The molecule has 10 nitrogen and oxygen atoms in total. The third kappa shape index (κ3) is 4.90. The van der Waals surface area contributed by atoms with Crippen molar-refractivity contribution >= 4 is 29.0 Å². The van der Waals surface area contributed by atoms with Gasteiger partial charge in [0, 0.05) is 30.5 Å². The second-order valence-corrected chi connectivity index (χ2v) is 11.3. The molecule has 0 saturated heterocycles. The molecule has 0 radical (unpaired) electrons. The van der Waals surface area contributed by atoms with Gasteiger partial charge in [0.25, 0.3) is 0 Å². The molecule has 1 aliphatic heterocycles. The van der Waals surface area contributed by atoms with Gasteiger partial charge in [-0.3, -0.25) is 14.5 Å². The molecule has 1 unspecified atom stereocenters. The summed E-state index contributed by atoms with van der Waals surface area (Å²) in [5, 5.41) is 4.41. The summed E-state index contributed by atoms with van der Waals surface area (Å²) < 4.78 is 13.2. The number of fused-ring (bicyclic) bond motifs is 1. The largest absolute Gasteiger partial charge is 0.439 e. The zero-order valence-corrected chi connectivity index (χ0v) is 23.6. The van der Waals surface area contributed by atoms with Gasteiger partial charge in [0.15, 0.2) is 11.2 Å². The van der Waals surface area contributed by atoms with E-state index in [1.165, 1.54) is 12.8 Å². The number of methoxy groups -OCH3 is 1. The molecule has 6 rings (SSSR count). The summed E-state index contributed by atoms with van der Waals surface area (Å²) in [6, 6.07) is 7.52. The number of rotatable bonds is 7. The molecule has 1 atom stereocenters. The molecular weight excluding hydrogens is 530 g/mol. The van der Waals surface area contributed by atoms with Crippen LogP contribution in [0, 0.1) is 11.8 Å². The molecule has 0 amide bonds. The van der Waals surface area contributed by atoms with E-state index in [0.717, 1.165) is 54.9 Å². The molecule has 1 aromatic carbocycles. The number of aliphatic imine (C=N–C) groups is 1. The van der Waals surface area contributed by atoms with Crippen LogP contribution in [0.3, 0.4) is 0 Å². The van der Waals surface area contributed by atoms with Crippen LogP contribution in [0.1, 0.15) is 58.2 Å². The van der Waals surface area contributed by atoms with Gasteiger partial charge in [-0.2, -0.15) is 0 Å². The average Bonchev–Trinajstić information content (AvgIpc) is 3.57. The van der Waals surface area contributed by atoms with E-state index in [0.29, 0.717) is 28.1 Å². The van der Waals surface area contributed by atoms with E-state index in [-0.39, 0.29) is 11.6 Å². The third-order valence-electron chi connectivity index (χ3n) is 8.12. The number of aromatic nitrogens is 6. The zero-order chi connectivity index (χ0) is 27.9. The smallest absolute Gasteiger partial charge is 0.364 e. The van der Waals surface area contributed by atoms with Gasteiger partial charge in [-0.1, -0.05) is 54.7 Å². The van der Waals surface area contributed by atoms with Crippen LogP contribution in [0.2, 0.25) is 5.02 Å². The number of nitrogens with zero attached hydrogens (tertiary/aromatic N) is 6. The summed E-state index contributed by atoms with van der Waals surface area (Å²) in [4.78, 5) is 33.8. The predicted octanol–water partition coefficient (Wildman–Crippen LogP) is 5.93. The molecule has 2 aliphatic rings. The summed E-state index contributed by atoms with van der Waals surface area (Å²) in [6.45, 7) is 5.07. The second-order valence-electron chi connectivity index (χ2n) is 10.9. The average molecular weight is 562 g/mol. The Labute approximate surface area is 236 Å². The first-order valence-electron chi connectivity index (χ1n) is 13.7. The Kier molecular flexibility index (Phi) is 7.14. The maximum atomic E-state index is 11.8. The summed E-state index contributed by atoms with van der Waals surface area (Å²) in [5.74, 6) is 1.55. The molecule has 208 valence electrons. The number of allylic oxidation sites excluding steroid dienone is 1. The van der Waals surface area contributed by atoms with E-state index >= 15 is 0 Å². The van der Waals surface area contributed by atoms with Crippen LogP contribution in [-0.2, 0) is 16.9 Å². The first-order chi connectivity index (χ1) is 19.4. The Hall–Kier alpha value is -3.63. The third-order valence-corrected chi connectivity index (χ3v) is 8.35. The van der Waals surface area contributed by atoms with E-state index in [2.05, 4.69) is 27.7 Å². The highest BCUT2D eigenvalue weighted by atomic mass is 35.5. The number of ether oxygens (including phenoxy) is 1. The lowest BCUT2D eigenvalue weighted by Gasteiger charge is -2.32. The van der Waals surface area contributed by atoms with Crippen LogP contribution in [-0.4, -0.2) is 43.0 Å². The molecule has 40 heavy (non-hydrogen) atoms. The van der Waals surface area contributed by atoms with Gasteiger partial charge in [-0.15, -0.1) is 0 Å². The van der Waals surface area contributed by atoms with Crippen molar-refractivity contribution in [2.75, 3.05) is 7.11 Å². The fraction of sp³-hybridized carbons (Fsp3) is 0.448. The van der Waals surface area contributed by atoms with Crippen molar-refractivity contribution in [3.8, 4) is 22.9 Å². The van der Waals surface area contributed by atoms with Crippen molar-refractivity contribution in [3.05, 3.63) is 57.4 Å². The van der Waals surface area contributed by atoms with E-state index in [1.54, 1.807) is 7.11 Å². The topological polar surface area (TPSA) is 124 Å². The quantitative estimate of drug-likeness (QED) is 0.296. The van der Waals surface area contributed by atoms with E-state index < -0.39 is 11.4 Å². The normalized spacial score (nSPS) is 20.9. The summed E-state index contributed by atoms with van der Waals surface area (Å²) in [6.07, 6.45) is 10.5. The standard InChI is InChI=1S/C29H32ClN7O3/c1-17-10-12-18(13-11-17)16-37-23-22(19-7-6-8-20(30)15-19)32-25(26-35-28(38)40-36-26)33-24(23)34-27(37)29(2,39-3)21-9-4-5-14-31-21/h6-9,14-15,17-18H,4-5,10-13,16H2,1-3H3,(H,35,36,38). The molecule has 4 aromatic rings. The molecule has 1 saturated carbocycles. The Morgan fingerprint density at radius 1 is 1.18 bits per heavy atom. The Balaban J connectivity index is 1.63. The minimum absolute atomic E-state index is 0.127. The number of hydrogen-bond donors (Lipinski definition) is 1. The van der Waals surface area contributed by atoms with E-state index in [4.69, 9.17) is 40.8 Å². The number of benzene rings is 1. The van der Waals surface area contributed by atoms with Gasteiger partial charge in [0.05, 0.1) is 5.70 Å². The Morgan fingerprint density at radius 2 is 2.00 bits per heavy atom. The number of aromatic amines is 1. The highest BCUT2D eigenvalue weighted by molar-refractivity contribution is 6.30. The van der Waals surface area contributed by atoms with Gasteiger partial charge in [0.2, 0.25) is 11.6 Å². The van der Waals surface area contributed by atoms with Crippen LogP contribution in [0.4, 0.5) is 0 Å². The minimum atomic E-state index is -0.923. The van der Waals surface area contributed by atoms with Gasteiger partial charge >= 0.3 is 5.76 Å². The van der Waals surface area contributed by atoms with Crippen LogP contribution < -0.4 is 5.76 Å². The summed E-state index contributed by atoms with van der Waals surface area (Å²) in [7, 11) is 1.69. The molecule has 1 fully saturated rings. The Morgan fingerprint density at radius 3 is 2.67 bits per heavy atom. The van der Waals surface area contributed by atoms with Crippen molar-refractivity contribution in [3.63, 3.8) is 0 Å². The summed E-state index contributed by atoms with van der Waals surface area (Å²) >= 11 is 6.43. The molecule has 1 aliphatic carbocycles. The zero-order valence-electron chi connectivity index (χ0n) is 22.9. The number of halogens is 1. The SMILES string of the molecule is COC(C)(C1=CCCC=N1)c1nc2nc(-c3noc(=O)[nH]3)nc(-c3cccc(Cl)c3)c2n1CC1CCC(C)CC1. The summed E-state index contributed by atoms with van der Waals surface area (Å²) in [5.41, 5.74) is 2.56. The van der Waals surface area contributed by atoms with E-state index in [1.807, 2.05) is 37.4 Å². The highest BCUT2D eigenvalue weighted by Crippen LogP contribution is 2.40. The first kappa shape index (κ1) is 26.6. The monoisotopic (exact) mass is 561 g/mol. The van der Waals surface area contributed by atoms with Gasteiger partial charge in [-0.05, 0) is 56.6 Å². The van der Waals surface area contributed by atoms with E-state index in [9.17, 15) is 4.79 Å². The molecule has 0 bridgehead atoms. The van der Waals surface area contributed by atoms with Crippen molar-refractivity contribution < 1.29 is 9.26 Å². The fourth-order valence-electron chi connectivity index (χ4n) is 5.76. The molecule has 4 heterocycles. The lowest BCUT2D eigenvalue weighted by Crippen LogP contribution is -2.32. The van der Waals surface area contributed by atoms with Crippen molar-refractivity contribution in [1.29, 1.82) is 0 Å². The lowest BCUT2D eigenvalue weighted by molar-refractivity contribution is 0.0226. The molecule has 0 spiro atoms. The number of imidazole rings is 1. The Bertz CT molecular complexity index is 1660. The molecule has 3 aromatic heterocycles. The van der Waals surface area contributed by atoms with Crippen LogP contribution in [0.15, 0.2) is 50.3 Å². The van der Waals surface area contributed by atoms with Crippen molar-refractivity contribution in [2.24, 2.45) is 16.8 Å². The minimum Gasteiger partial charge on any atom is -0.364 e. The molecular formula is C29H32ClN7O3. The predicted molar refractivity (Wildman–Crippen MR) is 153 cm³/mol.